The number of pyridine rings is 1. The number of anilines is 2. The van der Waals surface area contributed by atoms with Crippen LogP contribution in [0.2, 0.25) is 0 Å². The maximum Gasteiger partial charge on any atom is 0.256 e. The van der Waals surface area contributed by atoms with Crippen molar-refractivity contribution < 1.29 is 4.79 Å². The maximum absolute atomic E-state index is 12.5. The van der Waals surface area contributed by atoms with Gasteiger partial charge in [-0.25, -0.2) is 4.98 Å². The summed E-state index contributed by atoms with van der Waals surface area (Å²) in [6.07, 6.45) is 5.98. The first-order valence-electron chi connectivity index (χ1n) is 8.44. The van der Waals surface area contributed by atoms with E-state index in [0.29, 0.717) is 17.4 Å². The van der Waals surface area contributed by atoms with E-state index < -0.39 is 0 Å². The van der Waals surface area contributed by atoms with Gasteiger partial charge in [0, 0.05) is 29.6 Å². The number of hydrogen-bond acceptors (Lipinski definition) is 3. The van der Waals surface area contributed by atoms with Crippen molar-refractivity contribution in [1.29, 1.82) is 0 Å². The standard InChI is InChI=1S/C21H23N3O/c1-5-24(18-10-11-18)19-12-20(22-13-15(19)4)23-21(25)17-8-6-16(7-9-17)14(2)3/h5-9,12-13,18H,1-2,10-11H2,3-4H3,(H,22,23,25). The van der Waals surface area contributed by atoms with Gasteiger partial charge in [0.25, 0.3) is 5.91 Å². The molecule has 0 radical (unpaired) electrons. The summed E-state index contributed by atoms with van der Waals surface area (Å²) in [5.74, 6) is 0.370. The average molecular weight is 333 g/mol. The number of carbonyl (C=O) groups excluding carboxylic acids is 1. The van der Waals surface area contributed by atoms with Gasteiger partial charge in [-0.15, -0.1) is 0 Å². The fraction of sp³-hybridized carbons (Fsp3) is 0.238. The summed E-state index contributed by atoms with van der Waals surface area (Å²) in [7, 11) is 0. The van der Waals surface area contributed by atoms with Crippen LogP contribution in [0.3, 0.4) is 0 Å². The van der Waals surface area contributed by atoms with E-state index in [1.807, 2.05) is 38.2 Å². The number of amides is 1. The van der Waals surface area contributed by atoms with Gasteiger partial charge < -0.3 is 10.2 Å². The van der Waals surface area contributed by atoms with E-state index in [0.717, 1.165) is 22.4 Å². The zero-order valence-corrected chi connectivity index (χ0v) is 14.7. The molecular weight excluding hydrogens is 310 g/mol. The summed E-state index contributed by atoms with van der Waals surface area (Å²) in [4.78, 5) is 19.0. The zero-order chi connectivity index (χ0) is 18.0. The molecule has 1 saturated carbocycles. The number of benzene rings is 1. The SMILES string of the molecule is C=CN(c1cc(NC(=O)c2ccc(C(=C)C)cc2)ncc1C)C1CC1. The monoisotopic (exact) mass is 333 g/mol. The topological polar surface area (TPSA) is 45.2 Å². The third-order valence-electron chi connectivity index (χ3n) is 4.37. The molecule has 2 aromatic rings. The third-order valence-corrected chi connectivity index (χ3v) is 4.37. The number of aryl methyl sites for hydroxylation is 1. The Hall–Kier alpha value is -2.88. The molecule has 1 aromatic heterocycles. The second kappa shape index (κ2) is 6.93. The first kappa shape index (κ1) is 17.0. The highest BCUT2D eigenvalue weighted by Crippen LogP contribution is 2.34. The molecule has 0 aliphatic heterocycles. The largest absolute Gasteiger partial charge is 0.345 e. The molecule has 1 fully saturated rings. The third kappa shape index (κ3) is 3.79. The molecule has 0 atom stereocenters. The fourth-order valence-electron chi connectivity index (χ4n) is 2.75. The van der Waals surface area contributed by atoms with E-state index >= 15 is 0 Å². The van der Waals surface area contributed by atoms with E-state index in [2.05, 4.69) is 28.4 Å². The lowest BCUT2D eigenvalue weighted by atomic mass is 10.1. The Kier molecular flexibility index (Phi) is 4.70. The molecule has 1 aliphatic carbocycles. The summed E-state index contributed by atoms with van der Waals surface area (Å²) in [5, 5.41) is 2.88. The van der Waals surface area contributed by atoms with Gasteiger partial charge in [0.2, 0.25) is 0 Å². The second-order valence-corrected chi connectivity index (χ2v) is 6.49. The quantitative estimate of drug-likeness (QED) is 0.827. The average Bonchev–Trinajstić information content (AvgIpc) is 3.43. The minimum absolute atomic E-state index is 0.174. The number of rotatable bonds is 6. The minimum atomic E-state index is -0.174. The van der Waals surface area contributed by atoms with Crippen LogP contribution in [0, 0.1) is 6.92 Å². The molecule has 0 spiro atoms. The highest BCUT2D eigenvalue weighted by Gasteiger charge is 2.28. The lowest BCUT2D eigenvalue weighted by molar-refractivity contribution is 0.102. The highest BCUT2D eigenvalue weighted by atomic mass is 16.1. The van der Waals surface area contributed by atoms with Crippen LogP contribution in [-0.2, 0) is 0 Å². The molecule has 25 heavy (non-hydrogen) atoms. The van der Waals surface area contributed by atoms with Crippen LogP contribution >= 0.6 is 0 Å². The van der Waals surface area contributed by atoms with Crippen LogP contribution in [0.15, 0.2) is 55.9 Å². The van der Waals surface area contributed by atoms with Crippen LogP contribution < -0.4 is 10.2 Å². The van der Waals surface area contributed by atoms with Crippen LogP contribution in [0.1, 0.15) is 41.3 Å². The Morgan fingerprint density at radius 1 is 1.28 bits per heavy atom. The van der Waals surface area contributed by atoms with Crippen molar-refractivity contribution in [3.8, 4) is 0 Å². The van der Waals surface area contributed by atoms with E-state index in [-0.39, 0.29) is 5.91 Å². The van der Waals surface area contributed by atoms with Gasteiger partial charge in [-0.3, -0.25) is 4.79 Å². The molecule has 0 saturated heterocycles. The zero-order valence-electron chi connectivity index (χ0n) is 14.7. The fourth-order valence-corrected chi connectivity index (χ4v) is 2.75. The molecule has 1 heterocycles. The number of aromatic nitrogens is 1. The molecule has 4 heteroatoms. The van der Waals surface area contributed by atoms with Crippen molar-refractivity contribution in [3.05, 3.63) is 72.6 Å². The first-order valence-corrected chi connectivity index (χ1v) is 8.44. The second-order valence-electron chi connectivity index (χ2n) is 6.49. The molecule has 1 N–H and O–H groups in total. The van der Waals surface area contributed by atoms with Gasteiger partial charge in [0.05, 0.1) is 0 Å². The maximum atomic E-state index is 12.5. The number of nitrogens with one attached hydrogen (secondary N) is 1. The summed E-state index contributed by atoms with van der Waals surface area (Å²) in [6, 6.07) is 9.82. The van der Waals surface area contributed by atoms with Crippen molar-refractivity contribution in [2.24, 2.45) is 0 Å². The van der Waals surface area contributed by atoms with Crippen LogP contribution in [-0.4, -0.2) is 16.9 Å². The van der Waals surface area contributed by atoms with Gasteiger partial charge in [0.1, 0.15) is 5.82 Å². The van der Waals surface area contributed by atoms with Crippen LogP contribution in [0.5, 0.6) is 0 Å². The Morgan fingerprint density at radius 2 is 1.92 bits per heavy atom. The van der Waals surface area contributed by atoms with E-state index in [4.69, 9.17) is 0 Å². The van der Waals surface area contributed by atoms with Crippen molar-refractivity contribution in [2.75, 3.05) is 10.2 Å². The molecule has 1 amide bonds. The van der Waals surface area contributed by atoms with Gasteiger partial charge >= 0.3 is 0 Å². The number of nitrogens with zero attached hydrogens (tertiary/aromatic N) is 2. The smallest absolute Gasteiger partial charge is 0.256 e. The molecule has 1 aliphatic rings. The predicted molar refractivity (Wildman–Crippen MR) is 104 cm³/mol. The van der Waals surface area contributed by atoms with Crippen LogP contribution in [0.4, 0.5) is 11.5 Å². The number of allylic oxidation sites excluding steroid dienone is 1. The number of hydrogen-bond donors (Lipinski definition) is 1. The van der Waals surface area contributed by atoms with Crippen molar-refractivity contribution >= 4 is 23.0 Å². The first-order chi connectivity index (χ1) is 12.0. The van der Waals surface area contributed by atoms with Crippen molar-refractivity contribution in [3.63, 3.8) is 0 Å². The normalized spacial score (nSPS) is 13.2. The lowest BCUT2D eigenvalue weighted by Crippen LogP contribution is -2.20. The Bertz CT molecular complexity index is 820. The molecule has 3 rings (SSSR count). The van der Waals surface area contributed by atoms with Gasteiger partial charge in [-0.2, -0.15) is 0 Å². The molecule has 1 aromatic carbocycles. The highest BCUT2D eigenvalue weighted by molar-refractivity contribution is 6.04. The van der Waals surface area contributed by atoms with Crippen molar-refractivity contribution in [2.45, 2.75) is 32.7 Å². The summed E-state index contributed by atoms with van der Waals surface area (Å²) in [6.45, 7) is 11.8. The minimum Gasteiger partial charge on any atom is -0.345 e. The predicted octanol–water partition coefficient (Wildman–Crippen LogP) is 4.79. The van der Waals surface area contributed by atoms with E-state index in [1.54, 1.807) is 18.3 Å². The Morgan fingerprint density at radius 3 is 2.48 bits per heavy atom. The molecular formula is C21H23N3O. The summed E-state index contributed by atoms with van der Waals surface area (Å²) < 4.78 is 0. The molecule has 128 valence electrons. The van der Waals surface area contributed by atoms with Gasteiger partial charge in [0.15, 0.2) is 0 Å². The lowest BCUT2D eigenvalue weighted by Gasteiger charge is -2.22. The Labute approximate surface area is 148 Å². The molecule has 0 bridgehead atoms. The van der Waals surface area contributed by atoms with Crippen molar-refractivity contribution in [1.82, 2.24) is 4.98 Å². The molecule has 0 unspecified atom stereocenters. The van der Waals surface area contributed by atoms with Gasteiger partial charge in [-0.05, 0) is 56.1 Å². The number of carbonyl (C=O) groups is 1. The van der Waals surface area contributed by atoms with Crippen LogP contribution in [0.25, 0.3) is 5.57 Å². The van der Waals surface area contributed by atoms with Gasteiger partial charge in [-0.1, -0.05) is 30.9 Å². The summed E-state index contributed by atoms with van der Waals surface area (Å²) >= 11 is 0. The molecule has 4 nitrogen and oxygen atoms in total. The Balaban J connectivity index is 1.79. The van der Waals surface area contributed by atoms with E-state index in [1.165, 1.54) is 12.8 Å². The van der Waals surface area contributed by atoms with E-state index in [9.17, 15) is 4.79 Å². The summed E-state index contributed by atoms with van der Waals surface area (Å²) in [5.41, 5.74) is 4.70.